The van der Waals surface area contributed by atoms with Crippen molar-refractivity contribution in [1.29, 1.82) is 0 Å². The van der Waals surface area contributed by atoms with Crippen LogP contribution in [0.15, 0.2) is 24.3 Å². The Kier molecular flexibility index (Phi) is 2.96. The van der Waals surface area contributed by atoms with Crippen molar-refractivity contribution < 1.29 is 0 Å². The number of nitrogens with one attached hydrogen (secondary N) is 1. The maximum Gasteiger partial charge on any atom is 0.0417 e. The Morgan fingerprint density at radius 1 is 1.33 bits per heavy atom. The number of para-hydroxylation sites is 1. The Morgan fingerprint density at radius 3 is 2.73 bits per heavy atom. The highest BCUT2D eigenvalue weighted by Gasteiger charge is 2.24. The maximum atomic E-state index is 3.39. The quantitative estimate of drug-likeness (QED) is 0.796. The van der Waals surface area contributed by atoms with Gasteiger partial charge in [0.2, 0.25) is 0 Å². The third-order valence-corrected chi connectivity index (χ3v) is 3.25. The van der Waals surface area contributed by atoms with Gasteiger partial charge in [0, 0.05) is 24.3 Å². The SMILES string of the molecule is CNC1CCN(C(C)C)c2ccccc21. The molecule has 0 bridgehead atoms. The molecular weight excluding hydrogens is 184 g/mol. The Hall–Kier alpha value is -1.02. The van der Waals surface area contributed by atoms with Gasteiger partial charge in [-0.15, -0.1) is 0 Å². The monoisotopic (exact) mass is 204 g/mol. The van der Waals surface area contributed by atoms with E-state index in [-0.39, 0.29) is 0 Å². The summed E-state index contributed by atoms with van der Waals surface area (Å²) >= 11 is 0. The molecule has 0 radical (unpaired) electrons. The molecule has 1 aromatic carbocycles. The average molecular weight is 204 g/mol. The molecule has 1 heterocycles. The highest BCUT2D eigenvalue weighted by atomic mass is 15.2. The van der Waals surface area contributed by atoms with E-state index in [1.54, 1.807) is 0 Å². The smallest absolute Gasteiger partial charge is 0.0417 e. The molecule has 1 unspecified atom stereocenters. The van der Waals surface area contributed by atoms with Gasteiger partial charge in [0.25, 0.3) is 0 Å². The molecule has 1 aliphatic rings. The van der Waals surface area contributed by atoms with E-state index in [0.717, 1.165) is 6.54 Å². The van der Waals surface area contributed by atoms with Crippen LogP contribution in [-0.4, -0.2) is 19.6 Å². The normalized spacial score (nSPS) is 20.5. The summed E-state index contributed by atoms with van der Waals surface area (Å²) in [6, 6.07) is 9.85. The van der Waals surface area contributed by atoms with Crippen LogP contribution in [0.1, 0.15) is 31.9 Å². The maximum absolute atomic E-state index is 3.39. The molecular formula is C13H20N2. The Labute approximate surface area is 92.3 Å². The molecule has 2 nitrogen and oxygen atoms in total. The first-order chi connectivity index (χ1) is 7.24. The molecule has 0 saturated heterocycles. The van der Waals surface area contributed by atoms with E-state index in [2.05, 4.69) is 48.3 Å². The zero-order valence-electron chi connectivity index (χ0n) is 9.83. The van der Waals surface area contributed by atoms with Crippen LogP contribution >= 0.6 is 0 Å². The fourth-order valence-corrected chi connectivity index (χ4v) is 2.42. The van der Waals surface area contributed by atoms with Crippen molar-refractivity contribution in [2.24, 2.45) is 0 Å². The van der Waals surface area contributed by atoms with Crippen molar-refractivity contribution in [3.63, 3.8) is 0 Å². The van der Waals surface area contributed by atoms with Gasteiger partial charge in [0.1, 0.15) is 0 Å². The molecule has 1 aliphatic heterocycles. The van der Waals surface area contributed by atoms with Gasteiger partial charge in [-0.05, 0) is 38.9 Å². The van der Waals surface area contributed by atoms with Gasteiger partial charge in [-0.1, -0.05) is 18.2 Å². The summed E-state index contributed by atoms with van der Waals surface area (Å²) in [6.45, 7) is 5.67. The van der Waals surface area contributed by atoms with Crippen LogP contribution in [0.4, 0.5) is 5.69 Å². The van der Waals surface area contributed by atoms with E-state index in [0.29, 0.717) is 12.1 Å². The number of nitrogens with zero attached hydrogens (tertiary/aromatic N) is 1. The Morgan fingerprint density at radius 2 is 2.07 bits per heavy atom. The predicted molar refractivity (Wildman–Crippen MR) is 65.3 cm³/mol. The van der Waals surface area contributed by atoms with Gasteiger partial charge in [-0.2, -0.15) is 0 Å². The molecule has 1 aromatic rings. The lowest BCUT2D eigenvalue weighted by Crippen LogP contribution is -2.39. The molecule has 0 amide bonds. The third kappa shape index (κ3) is 1.86. The molecule has 1 atom stereocenters. The second kappa shape index (κ2) is 4.23. The molecule has 2 heteroatoms. The summed E-state index contributed by atoms with van der Waals surface area (Å²) in [5.74, 6) is 0. The van der Waals surface area contributed by atoms with Crippen molar-refractivity contribution in [2.75, 3.05) is 18.5 Å². The minimum absolute atomic E-state index is 0.524. The number of fused-ring (bicyclic) bond motifs is 1. The first-order valence-electron chi connectivity index (χ1n) is 5.77. The Bertz CT molecular complexity index is 333. The minimum atomic E-state index is 0.524. The van der Waals surface area contributed by atoms with E-state index < -0.39 is 0 Å². The highest BCUT2D eigenvalue weighted by Crippen LogP contribution is 2.34. The third-order valence-electron chi connectivity index (χ3n) is 3.25. The lowest BCUT2D eigenvalue weighted by molar-refractivity contribution is 0.500. The number of benzene rings is 1. The van der Waals surface area contributed by atoms with E-state index >= 15 is 0 Å². The first-order valence-corrected chi connectivity index (χ1v) is 5.77. The van der Waals surface area contributed by atoms with Crippen LogP contribution in [0, 0.1) is 0 Å². The molecule has 82 valence electrons. The zero-order valence-corrected chi connectivity index (χ0v) is 9.83. The largest absolute Gasteiger partial charge is 0.369 e. The van der Waals surface area contributed by atoms with Gasteiger partial charge in [0.15, 0.2) is 0 Å². The van der Waals surface area contributed by atoms with Crippen LogP contribution in [0.25, 0.3) is 0 Å². The zero-order chi connectivity index (χ0) is 10.8. The first kappa shape index (κ1) is 10.5. The molecule has 0 fully saturated rings. The van der Waals surface area contributed by atoms with Crippen LogP contribution in [0.2, 0.25) is 0 Å². The fraction of sp³-hybridized carbons (Fsp3) is 0.538. The Balaban J connectivity index is 2.39. The van der Waals surface area contributed by atoms with E-state index in [4.69, 9.17) is 0 Å². The molecule has 15 heavy (non-hydrogen) atoms. The van der Waals surface area contributed by atoms with Gasteiger partial charge in [-0.25, -0.2) is 0 Å². The number of hydrogen-bond acceptors (Lipinski definition) is 2. The van der Waals surface area contributed by atoms with Crippen molar-refractivity contribution >= 4 is 5.69 Å². The lowest BCUT2D eigenvalue weighted by Gasteiger charge is -2.38. The van der Waals surface area contributed by atoms with Crippen LogP contribution in [-0.2, 0) is 0 Å². The van der Waals surface area contributed by atoms with E-state index in [1.807, 2.05) is 7.05 Å². The summed E-state index contributed by atoms with van der Waals surface area (Å²) in [6.07, 6.45) is 1.20. The van der Waals surface area contributed by atoms with Crippen molar-refractivity contribution in [2.45, 2.75) is 32.4 Å². The van der Waals surface area contributed by atoms with Gasteiger partial charge in [0.05, 0.1) is 0 Å². The van der Waals surface area contributed by atoms with Crippen LogP contribution in [0.3, 0.4) is 0 Å². The van der Waals surface area contributed by atoms with Gasteiger partial charge >= 0.3 is 0 Å². The van der Waals surface area contributed by atoms with Gasteiger partial charge in [-0.3, -0.25) is 0 Å². The molecule has 0 saturated carbocycles. The standard InChI is InChI=1S/C13H20N2/c1-10(2)15-9-8-12(14-3)11-6-4-5-7-13(11)15/h4-7,10,12,14H,8-9H2,1-3H3. The lowest BCUT2D eigenvalue weighted by atomic mass is 9.95. The summed E-state index contributed by atoms with van der Waals surface area (Å²) in [5.41, 5.74) is 2.85. The molecule has 1 N–H and O–H groups in total. The van der Waals surface area contributed by atoms with Crippen molar-refractivity contribution in [1.82, 2.24) is 5.32 Å². The highest BCUT2D eigenvalue weighted by molar-refractivity contribution is 5.57. The fourth-order valence-electron chi connectivity index (χ4n) is 2.42. The van der Waals surface area contributed by atoms with E-state index in [9.17, 15) is 0 Å². The molecule has 0 aromatic heterocycles. The second-order valence-corrected chi connectivity index (χ2v) is 4.48. The minimum Gasteiger partial charge on any atom is -0.369 e. The summed E-state index contributed by atoms with van der Waals surface area (Å²) in [4.78, 5) is 2.49. The summed E-state index contributed by atoms with van der Waals surface area (Å²) < 4.78 is 0. The van der Waals surface area contributed by atoms with Gasteiger partial charge < -0.3 is 10.2 Å². The topological polar surface area (TPSA) is 15.3 Å². The number of anilines is 1. The summed E-state index contributed by atoms with van der Waals surface area (Å²) in [7, 11) is 2.05. The van der Waals surface area contributed by atoms with Crippen LogP contribution < -0.4 is 10.2 Å². The van der Waals surface area contributed by atoms with Crippen molar-refractivity contribution in [3.05, 3.63) is 29.8 Å². The number of hydrogen-bond donors (Lipinski definition) is 1. The van der Waals surface area contributed by atoms with Crippen molar-refractivity contribution in [3.8, 4) is 0 Å². The average Bonchev–Trinajstić information content (AvgIpc) is 2.27. The second-order valence-electron chi connectivity index (χ2n) is 4.48. The molecule has 2 rings (SSSR count). The number of rotatable bonds is 2. The van der Waals surface area contributed by atoms with Crippen LogP contribution in [0.5, 0.6) is 0 Å². The molecule has 0 aliphatic carbocycles. The molecule has 0 spiro atoms. The van der Waals surface area contributed by atoms with E-state index in [1.165, 1.54) is 17.7 Å². The summed E-state index contributed by atoms with van der Waals surface area (Å²) in [5, 5.41) is 3.39. The predicted octanol–water partition coefficient (Wildman–Crippen LogP) is 2.57.